The number of anilines is 1. The molecule has 0 amide bonds. The minimum absolute atomic E-state index is 0.0291. The third kappa shape index (κ3) is 1.88. The van der Waals surface area contributed by atoms with Crippen molar-refractivity contribution in [2.45, 2.75) is 44.9 Å². The van der Waals surface area contributed by atoms with Crippen LogP contribution in [-0.4, -0.2) is 22.0 Å². The summed E-state index contributed by atoms with van der Waals surface area (Å²) < 4.78 is 39.5. The second-order valence-corrected chi connectivity index (χ2v) is 4.16. The largest absolute Gasteiger partial charge is 0.410 e. The Hall–Kier alpha value is -1.20. The molecule has 1 aromatic rings. The summed E-state index contributed by atoms with van der Waals surface area (Å²) in [5.74, 6) is 0.470. The number of alkyl halides is 3. The van der Waals surface area contributed by atoms with Crippen LogP contribution in [0.15, 0.2) is 6.07 Å². The summed E-state index contributed by atoms with van der Waals surface area (Å²) in [4.78, 5) is 0. The van der Waals surface area contributed by atoms with Gasteiger partial charge in [0, 0.05) is 12.1 Å². The number of hydrogen-bond donors (Lipinski definition) is 1. The van der Waals surface area contributed by atoms with Crippen molar-refractivity contribution in [2.75, 3.05) is 5.32 Å². The Bertz CT molecular complexity index is 383. The zero-order chi connectivity index (χ0) is 11.9. The summed E-state index contributed by atoms with van der Waals surface area (Å²) in [6.07, 6.45) is -3.57. The van der Waals surface area contributed by atoms with Gasteiger partial charge in [0.05, 0.1) is 5.69 Å². The van der Waals surface area contributed by atoms with Crippen LogP contribution in [0.25, 0.3) is 0 Å². The topological polar surface area (TPSA) is 29.9 Å². The number of fused-ring (bicyclic) bond motifs is 1. The minimum Gasteiger partial charge on any atom is -0.368 e. The summed E-state index contributed by atoms with van der Waals surface area (Å²) in [7, 11) is 0. The summed E-state index contributed by atoms with van der Waals surface area (Å²) >= 11 is 0. The molecule has 0 spiro atoms. The lowest BCUT2D eigenvalue weighted by Gasteiger charge is -2.31. The van der Waals surface area contributed by atoms with Crippen LogP contribution in [0.4, 0.5) is 19.0 Å². The molecular formula is C10H14F3N3. The molecule has 3 nitrogen and oxygen atoms in total. The molecule has 0 saturated heterocycles. The van der Waals surface area contributed by atoms with Crippen LogP contribution in [0, 0.1) is 0 Å². The van der Waals surface area contributed by atoms with Gasteiger partial charge in [-0.05, 0) is 19.8 Å². The van der Waals surface area contributed by atoms with E-state index in [2.05, 4.69) is 10.4 Å². The van der Waals surface area contributed by atoms with Crippen LogP contribution in [0.1, 0.15) is 32.0 Å². The fourth-order valence-corrected chi connectivity index (χ4v) is 1.98. The second kappa shape index (κ2) is 3.68. The van der Waals surface area contributed by atoms with Gasteiger partial charge in [0.15, 0.2) is 6.04 Å². The Balaban J connectivity index is 2.40. The van der Waals surface area contributed by atoms with Gasteiger partial charge < -0.3 is 5.32 Å². The number of rotatable bonds is 1. The minimum atomic E-state index is -4.23. The summed E-state index contributed by atoms with van der Waals surface area (Å²) in [6.45, 7) is 3.63. The lowest BCUT2D eigenvalue weighted by Crippen LogP contribution is -2.37. The van der Waals surface area contributed by atoms with Crippen LogP contribution in [-0.2, 0) is 6.42 Å². The van der Waals surface area contributed by atoms with Gasteiger partial charge in [-0.1, -0.05) is 6.92 Å². The standard InChI is InChI=1S/C10H14F3N3/c1-3-7-5-9-14-6(2)4-8(10(11,12)13)16(9)15-7/h5-6,8,14H,3-4H2,1-2H3. The van der Waals surface area contributed by atoms with Crippen molar-refractivity contribution in [3.63, 3.8) is 0 Å². The van der Waals surface area contributed by atoms with E-state index in [1.807, 2.05) is 6.92 Å². The highest BCUT2D eigenvalue weighted by Crippen LogP contribution is 2.39. The predicted molar refractivity (Wildman–Crippen MR) is 54.4 cm³/mol. The first kappa shape index (κ1) is 11.3. The maximum Gasteiger partial charge on any atom is 0.410 e. The number of nitrogens with one attached hydrogen (secondary N) is 1. The van der Waals surface area contributed by atoms with Crippen LogP contribution >= 0.6 is 0 Å². The highest BCUT2D eigenvalue weighted by molar-refractivity contribution is 5.40. The molecule has 0 bridgehead atoms. The van der Waals surface area contributed by atoms with Gasteiger partial charge in [-0.25, -0.2) is 4.68 Å². The molecule has 2 unspecified atom stereocenters. The van der Waals surface area contributed by atoms with Gasteiger partial charge in [0.25, 0.3) is 0 Å². The second-order valence-electron chi connectivity index (χ2n) is 4.16. The summed E-state index contributed by atoms with van der Waals surface area (Å²) in [6, 6.07) is 0.00795. The fourth-order valence-electron chi connectivity index (χ4n) is 1.98. The van der Waals surface area contributed by atoms with E-state index in [1.54, 1.807) is 13.0 Å². The van der Waals surface area contributed by atoms with Crippen molar-refractivity contribution < 1.29 is 13.2 Å². The van der Waals surface area contributed by atoms with E-state index in [1.165, 1.54) is 0 Å². The van der Waals surface area contributed by atoms with Crippen molar-refractivity contribution in [1.82, 2.24) is 9.78 Å². The number of halogens is 3. The summed E-state index contributed by atoms with van der Waals surface area (Å²) in [5, 5.41) is 7.00. The molecule has 2 rings (SSSR count). The molecule has 16 heavy (non-hydrogen) atoms. The molecule has 0 radical (unpaired) electrons. The van der Waals surface area contributed by atoms with Gasteiger partial charge in [-0.15, -0.1) is 0 Å². The highest BCUT2D eigenvalue weighted by atomic mass is 19.4. The Morgan fingerprint density at radius 3 is 2.81 bits per heavy atom. The van der Waals surface area contributed by atoms with Crippen molar-refractivity contribution in [2.24, 2.45) is 0 Å². The third-order valence-corrected chi connectivity index (χ3v) is 2.79. The average Bonchev–Trinajstić information content (AvgIpc) is 2.57. The Morgan fingerprint density at radius 2 is 2.25 bits per heavy atom. The molecule has 6 heteroatoms. The van der Waals surface area contributed by atoms with Crippen molar-refractivity contribution in [3.8, 4) is 0 Å². The zero-order valence-corrected chi connectivity index (χ0v) is 9.17. The third-order valence-electron chi connectivity index (χ3n) is 2.79. The number of aromatic nitrogens is 2. The maximum absolute atomic E-state index is 12.8. The Morgan fingerprint density at radius 1 is 1.56 bits per heavy atom. The molecule has 1 aromatic heterocycles. The normalized spacial score (nSPS) is 25.1. The van der Waals surface area contributed by atoms with E-state index < -0.39 is 12.2 Å². The first-order chi connectivity index (χ1) is 7.41. The van der Waals surface area contributed by atoms with Gasteiger partial charge in [-0.2, -0.15) is 18.3 Å². The molecule has 2 heterocycles. The van der Waals surface area contributed by atoms with Crippen LogP contribution in [0.5, 0.6) is 0 Å². The van der Waals surface area contributed by atoms with E-state index >= 15 is 0 Å². The van der Waals surface area contributed by atoms with Crippen LogP contribution < -0.4 is 5.32 Å². The molecule has 1 aliphatic heterocycles. The van der Waals surface area contributed by atoms with E-state index in [-0.39, 0.29) is 12.5 Å². The van der Waals surface area contributed by atoms with Crippen molar-refractivity contribution >= 4 is 5.82 Å². The van der Waals surface area contributed by atoms with E-state index in [9.17, 15) is 13.2 Å². The fraction of sp³-hybridized carbons (Fsp3) is 0.700. The van der Waals surface area contributed by atoms with E-state index in [0.717, 1.165) is 4.68 Å². The van der Waals surface area contributed by atoms with Crippen molar-refractivity contribution in [3.05, 3.63) is 11.8 Å². The number of nitrogens with zero attached hydrogens (tertiary/aromatic N) is 2. The maximum atomic E-state index is 12.8. The Kier molecular flexibility index (Phi) is 2.59. The lowest BCUT2D eigenvalue weighted by molar-refractivity contribution is -0.173. The molecule has 0 aromatic carbocycles. The molecule has 0 saturated carbocycles. The van der Waals surface area contributed by atoms with Gasteiger partial charge in [-0.3, -0.25) is 0 Å². The van der Waals surface area contributed by atoms with Gasteiger partial charge in [0.2, 0.25) is 0 Å². The van der Waals surface area contributed by atoms with Gasteiger partial charge in [0.1, 0.15) is 5.82 Å². The Labute approximate surface area is 91.6 Å². The SMILES string of the molecule is CCc1cc2n(n1)C(C(F)(F)F)CC(C)N2. The molecule has 1 N–H and O–H groups in total. The average molecular weight is 233 g/mol. The smallest absolute Gasteiger partial charge is 0.368 e. The number of aryl methyl sites for hydroxylation is 1. The van der Waals surface area contributed by atoms with Crippen LogP contribution in [0.3, 0.4) is 0 Å². The molecular weight excluding hydrogens is 219 g/mol. The molecule has 1 aliphatic rings. The first-order valence-electron chi connectivity index (χ1n) is 5.33. The van der Waals surface area contributed by atoms with E-state index in [0.29, 0.717) is 17.9 Å². The molecule has 0 fully saturated rings. The molecule has 0 aliphatic carbocycles. The molecule has 90 valence electrons. The predicted octanol–water partition coefficient (Wildman–Crippen LogP) is 2.75. The molecule has 2 atom stereocenters. The van der Waals surface area contributed by atoms with Crippen molar-refractivity contribution in [1.29, 1.82) is 0 Å². The number of hydrogen-bond acceptors (Lipinski definition) is 2. The highest BCUT2D eigenvalue weighted by Gasteiger charge is 2.45. The van der Waals surface area contributed by atoms with Crippen LogP contribution in [0.2, 0.25) is 0 Å². The van der Waals surface area contributed by atoms with Gasteiger partial charge >= 0.3 is 6.18 Å². The first-order valence-corrected chi connectivity index (χ1v) is 5.33. The quantitative estimate of drug-likeness (QED) is 0.808. The lowest BCUT2D eigenvalue weighted by atomic mass is 10.1. The summed E-state index contributed by atoms with van der Waals surface area (Å²) in [5.41, 5.74) is 0.686. The monoisotopic (exact) mass is 233 g/mol. The van der Waals surface area contributed by atoms with E-state index in [4.69, 9.17) is 0 Å². The zero-order valence-electron chi connectivity index (χ0n) is 9.17.